The number of hydrogen-bond donors (Lipinski definition) is 1. The fourth-order valence-electron chi connectivity index (χ4n) is 4.59. The van der Waals surface area contributed by atoms with Gasteiger partial charge in [-0.25, -0.2) is 0 Å². The fraction of sp³-hybridized carbons (Fsp3) is 0.714. The molecule has 0 bridgehead atoms. The maximum atomic E-state index is 6.35. The monoisotopic (exact) mass is 343 g/mol. The van der Waals surface area contributed by atoms with Gasteiger partial charge in [0.15, 0.2) is 0 Å². The van der Waals surface area contributed by atoms with Crippen LogP contribution in [-0.4, -0.2) is 61.2 Å². The molecule has 4 nitrogen and oxygen atoms in total. The topological polar surface area (TPSA) is 27.7 Å². The molecular weight excluding hydrogens is 310 g/mol. The summed E-state index contributed by atoms with van der Waals surface area (Å²) in [6, 6.07) is 9.09. The zero-order chi connectivity index (χ0) is 17.1. The van der Waals surface area contributed by atoms with E-state index in [1.807, 2.05) is 0 Å². The van der Waals surface area contributed by atoms with E-state index in [0.29, 0.717) is 6.04 Å². The molecule has 1 aliphatic carbocycles. The van der Waals surface area contributed by atoms with Gasteiger partial charge >= 0.3 is 0 Å². The lowest BCUT2D eigenvalue weighted by Gasteiger charge is -2.48. The summed E-state index contributed by atoms with van der Waals surface area (Å²) in [6.07, 6.45) is 6.14. The average molecular weight is 344 g/mol. The second kappa shape index (κ2) is 7.65. The van der Waals surface area contributed by atoms with Gasteiger partial charge in [0, 0.05) is 44.2 Å². The van der Waals surface area contributed by atoms with Gasteiger partial charge in [-0.05, 0) is 51.4 Å². The standard InChI is InChI=1S/C21H33N3O/c1-2-23-13-15-24(16-14-23)12-6-11-22-19-17-21(9-5-10-21)25-20-8-4-3-7-18(19)20/h3-4,7-8,19,22H,2,5-6,9-17H2,1H3/t19-/m1/s1. The highest BCUT2D eigenvalue weighted by Gasteiger charge is 2.45. The van der Waals surface area contributed by atoms with Crippen LogP contribution in [0.3, 0.4) is 0 Å². The molecule has 2 fully saturated rings. The van der Waals surface area contributed by atoms with Gasteiger partial charge in [-0.2, -0.15) is 0 Å². The Morgan fingerprint density at radius 1 is 1.12 bits per heavy atom. The van der Waals surface area contributed by atoms with Crippen LogP contribution in [0.25, 0.3) is 0 Å². The number of ether oxygens (including phenoxy) is 1. The summed E-state index contributed by atoms with van der Waals surface area (Å²) in [4.78, 5) is 5.17. The van der Waals surface area contributed by atoms with Crippen molar-refractivity contribution in [1.82, 2.24) is 15.1 Å². The van der Waals surface area contributed by atoms with Gasteiger partial charge in [0.25, 0.3) is 0 Å². The first kappa shape index (κ1) is 17.3. The Bertz CT molecular complexity index is 564. The van der Waals surface area contributed by atoms with Crippen LogP contribution < -0.4 is 10.1 Å². The van der Waals surface area contributed by atoms with E-state index < -0.39 is 0 Å². The Balaban J connectivity index is 1.26. The van der Waals surface area contributed by atoms with Crippen LogP contribution in [0.5, 0.6) is 5.75 Å². The van der Waals surface area contributed by atoms with Gasteiger partial charge in [0.1, 0.15) is 11.4 Å². The molecule has 25 heavy (non-hydrogen) atoms. The van der Waals surface area contributed by atoms with Gasteiger partial charge < -0.3 is 19.9 Å². The number of nitrogens with one attached hydrogen (secondary N) is 1. The third-order valence-electron chi connectivity index (χ3n) is 6.42. The predicted octanol–water partition coefficient (Wildman–Crippen LogP) is 3.05. The number of benzene rings is 1. The van der Waals surface area contributed by atoms with Crippen LogP contribution in [0.1, 0.15) is 50.6 Å². The van der Waals surface area contributed by atoms with E-state index in [1.165, 1.54) is 70.5 Å². The molecule has 2 heterocycles. The largest absolute Gasteiger partial charge is 0.487 e. The molecular formula is C21H33N3O. The zero-order valence-electron chi connectivity index (χ0n) is 15.7. The molecule has 0 amide bonds. The summed E-state index contributed by atoms with van der Waals surface area (Å²) in [5.41, 5.74) is 1.49. The van der Waals surface area contributed by atoms with Crippen molar-refractivity contribution < 1.29 is 4.74 Å². The fourth-order valence-corrected chi connectivity index (χ4v) is 4.59. The summed E-state index contributed by atoms with van der Waals surface area (Å²) in [5.74, 6) is 1.11. The number of likely N-dealkylation sites (N-methyl/N-ethyl adjacent to an activating group) is 1. The third-order valence-corrected chi connectivity index (χ3v) is 6.42. The Kier molecular flexibility index (Phi) is 5.30. The maximum Gasteiger partial charge on any atom is 0.124 e. The van der Waals surface area contributed by atoms with Crippen molar-refractivity contribution in [2.45, 2.75) is 50.7 Å². The molecule has 1 atom stereocenters. The van der Waals surface area contributed by atoms with Gasteiger partial charge in [0.2, 0.25) is 0 Å². The highest BCUT2D eigenvalue weighted by Crippen LogP contribution is 2.48. The molecule has 4 rings (SSSR count). The second-order valence-electron chi connectivity index (χ2n) is 8.02. The number of nitrogens with zero attached hydrogens (tertiary/aromatic N) is 2. The first-order chi connectivity index (χ1) is 12.3. The van der Waals surface area contributed by atoms with Crippen LogP contribution in [0.4, 0.5) is 0 Å². The summed E-state index contributed by atoms with van der Waals surface area (Å²) >= 11 is 0. The molecule has 3 aliphatic rings. The number of fused-ring (bicyclic) bond motifs is 1. The molecule has 1 aromatic rings. The lowest BCUT2D eigenvalue weighted by Crippen LogP contribution is -2.49. The van der Waals surface area contributed by atoms with Crippen LogP contribution in [-0.2, 0) is 0 Å². The first-order valence-corrected chi connectivity index (χ1v) is 10.2. The average Bonchev–Trinajstić information content (AvgIpc) is 2.64. The summed E-state index contributed by atoms with van der Waals surface area (Å²) < 4.78 is 6.35. The second-order valence-corrected chi connectivity index (χ2v) is 8.02. The number of hydrogen-bond acceptors (Lipinski definition) is 4. The molecule has 138 valence electrons. The Morgan fingerprint density at radius 2 is 1.88 bits per heavy atom. The zero-order valence-corrected chi connectivity index (χ0v) is 15.7. The van der Waals surface area contributed by atoms with Gasteiger partial charge in [-0.15, -0.1) is 0 Å². The van der Waals surface area contributed by atoms with Crippen molar-refractivity contribution in [2.24, 2.45) is 0 Å². The molecule has 0 unspecified atom stereocenters. The van der Waals surface area contributed by atoms with E-state index >= 15 is 0 Å². The van der Waals surface area contributed by atoms with Crippen molar-refractivity contribution in [3.63, 3.8) is 0 Å². The number of rotatable bonds is 6. The smallest absolute Gasteiger partial charge is 0.124 e. The predicted molar refractivity (Wildman–Crippen MR) is 102 cm³/mol. The lowest BCUT2D eigenvalue weighted by molar-refractivity contribution is -0.0369. The van der Waals surface area contributed by atoms with Crippen LogP contribution in [0.2, 0.25) is 0 Å². The molecule has 1 N–H and O–H groups in total. The molecule has 1 aromatic carbocycles. The van der Waals surface area contributed by atoms with Gasteiger partial charge in [-0.3, -0.25) is 0 Å². The molecule has 4 heteroatoms. The lowest BCUT2D eigenvalue weighted by atomic mass is 9.73. The van der Waals surface area contributed by atoms with E-state index in [-0.39, 0.29) is 5.60 Å². The van der Waals surface area contributed by atoms with E-state index in [2.05, 4.69) is 46.3 Å². The van der Waals surface area contributed by atoms with Crippen LogP contribution in [0, 0.1) is 0 Å². The summed E-state index contributed by atoms with van der Waals surface area (Å²) in [6.45, 7) is 10.7. The third kappa shape index (κ3) is 3.86. The van der Waals surface area contributed by atoms with E-state index in [0.717, 1.165) is 18.7 Å². The Labute approximate surface area is 152 Å². The summed E-state index contributed by atoms with van der Waals surface area (Å²) in [5, 5.41) is 3.84. The maximum absolute atomic E-state index is 6.35. The minimum Gasteiger partial charge on any atom is -0.487 e. The van der Waals surface area contributed by atoms with Crippen LogP contribution >= 0.6 is 0 Å². The molecule has 1 saturated carbocycles. The van der Waals surface area contributed by atoms with Crippen molar-refractivity contribution in [3.8, 4) is 5.75 Å². The molecule has 0 radical (unpaired) electrons. The van der Waals surface area contributed by atoms with Gasteiger partial charge in [0.05, 0.1) is 0 Å². The van der Waals surface area contributed by atoms with E-state index in [1.54, 1.807) is 0 Å². The number of piperazine rings is 1. The first-order valence-electron chi connectivity index (χ1n) is 10.2. The van der Waals surface area contributed by atoms with Crippen molar-refractivity contribution >= 4 is 0 Å². The summed E-state index contributed by atoms with van der Waals surface area (Å²) in [7, 11) is 0. The van der Waals surface area contributed by atoms with Crippen molar-refractivity contribution in [3.05, 3.63) is 29.8 Å². The SMILES string of the molecule is CCN1CCN(CCCN[C@@H]2CC3(CCC3)Oc3ccccc32)CC1. The molecule has 1 spiro atoms. The number of para-hydroxylation sites is 1. The normalized spacial score (nSPS) is 26.0. The van der Waals surface area contributed by atoms with Crippen molar-refractivity contribution in [2.75, 3.05) is 45.8 Å². The minimum absolute atomic E-state index is 0.127. The Hall–Kier alpha value is -1.10. The highest BCUT2D eigenvalue weighted by molar-refractivity contribution is 5.39. The highest BCUT2D eigenvalue weighted by atomic mass is 16.5. The van der Waals surface area contributed by atoms with E-state index in [4.69, 9.17) is 4.74 Å². The molecule has 0 aromatic heterocycles. The van der Waals surface area contributed by atoms with Gasteiger partial charge in [-0.1, -0.05) is 25.1 Å². The molecule has 1 saturated heterocycles. The minimum atomic E-state index is 0.127. The van der Waals surface area contributed by atoms with Crippen LogP contribution in [0.15, 0.2) is 24.3 Å². The van der Waals surface area contributed by atoms with E-state index in [9.17, 15) is 0 Å². The van der Waals surface area contributed by atoms with Crippen molar-refractivity contribution in [1.29, 1.82) is 0 Å². The Morgan fingerprint density at radius 3 is 2.60 bits per heavy atom. The quantitative estimate of drug-likeness (QED) is 0.804. The molecule has 2 aliphatic heterocycles.